The first kappa shape index (κ1) is 25.6. The molecule has 1 aromatic heterocycles. The molecule has 9 heteroatoms. The highest BCUT2D eigenvalue weighted by molar-refractivity contribution is 5.99. The van der Waals surface area contributed by atoms with Crippen LogP contribution in [0.4, 0.5) is 28.9 Å². The lowest BCUT2D eigenvalue weighted by Gasteiger charge is -2.32. The fraction of sp³-hybridized carbons (Fsp3) is 0.370. The maximum Gasteiger partial charge on any atom is 0.433 e. The van der Waals surface area contributed by atoms with Gasteiger partial charge in [-0.05, 0) is 67.6 Å². The normalized spacial score (nSPS) is 18.5. The highest BCUT2D eigenvalue weighted by Crippen LogP contribution is 2.36. The fourth-order valence-electron chi connectivity index (χ4n) is 4.60. The molecule has 1 heterocycles. The molecule has 1 fully saturated rings. The van der Waals surface area contributed by atoms with E-state index in [2.05, 4.69) is 15.3 Å². The van der Waals surface area contributed by atoms with Crippen molar-refractivity contribution in [3.8, 4) is 0 Å². The number of carbonyl (C=O) groups excluding carboxylic acids is 1. The fourth-order valence-corrected chi connectivity index (χ4v) is 4.60. The van der Waals surface area contributed by atoms with Crippen LogP contribution < -0.4 is 10.2 Å². The van der Waals surface area contributed by atoms with E-state index in [-0.39, 0.29) is 29.1 Å². The summed E-state index contributed by atoms with van der Waals surface area (Å²) in [5, 5.41) is 3.55. The molecule has 190 valence electrons. The van der Waals surface area contributed by atoms with E-state index in [1.165, 1.54) is 12.1 Å². The minimum atomic E-state index is -4.62. The van der Waals surface area contributed by atoms with Crippen LogP contribution in [-0.2, 0) is 6.18 Å². The van der Waals surface area contributed by atoms with E-state index < -0.39 is 17.7 Å². The van der Waals surface area contributed by atoms with Gasteiger partial charge in [0.05, 0.1) is 5.52 Å². The number of pyridine rings is 1. The zero-order chi connectivity index (χ0) is 25.9. The Kier molecular flexibility index (Phi) is 7.56. The summed E-state index contributed by atoms with van der Waals surface area (Å²) in [5.74, 6) is -0.824. The van der Waals surface area contributed by atoms with Crippen molar-refractivity contribution in [1.29, 1.82) is 0 Å². The third kappa shape index (κ3) is 6.01. The maximum absolute atomic E-state index is 13.9. The van der Waals surface area contributed by atoms with Crippen LogP contribution in [0.15, 0.2) is 53.5 Å². The minimum Gasteiger partial charge on any atom is -0.381 e. The molecule has 1 aliphatic rings. The molecule has 2 unspecified atom stereocenters. The van der Waals surface area contributed by atoms with Gasteiger partial charge in [-0.25, -0.2) is 14.4 Å². The van der Waals surface area contributed by atoms with Gasteiger partial charge >= 0.3 is 6.18 Å². The lowest BCUT2D eigenvalue weighted by molar-refractivity contribution is -0.140. The van der Waals surface area contributed by atoms with E-state index in [1.807, 2.05) is 25.1 Å². The number of amides is 1. The molecule has 36 heavy (non-hydrogen) atoms. The predicted octanol–water partition coefficient (Wildman–Crippen LogP) is 6.73. The first-order chi connectivity index (χ1) is 17.1. The van der Waals surface area contributed by atoms with Crippen molar-refractivity contribution in [3.63, 3.8) is 0 Å². The van der Waals surface area contributed by atoms with Crippen LogP contribution in [0.2, 0.25) is 0 Å². The Morgan fingerprint density at radius 1 is 1.14 bits per heavy atom. The standard InChI is InChI=1S/C27H28F4N4O/c1-35(2)20-8-5-7-18(14-20)26(36)32-13-12-17-6-3-4-9-22(17)33-24-16-25(27(29,30)31)34-23-11-10-19(28)15-21(23)24/h5,7-8,10-11,13-17,22H,3-4,6,9,12H2,1-2H3,(H,33,34). The molecular formula is C27H28F4N4O. The number of rotatable bonds is 6. The van der Waals surface area contributed by atoms with Crippen molar-refractivity contribution in [3.05, 3.63) is 65.6 Å². The van der Waals surface area contributed by atoms with Crippen LogP contribution >= 0.6 is 0 Å². The topological polar surface area (TPSA) is 57.6 Å². The van der Waals surface area contributed by atoms with Gasteiger partial charge in [0, 0.05) is 48.7 Å². The molecule has 0 spiro atoms. The summed E-state index contributed by atoms with van der Waals surface area (Å²) >= 11 is 0. The van der Waals surface area contributed by atoms with Gasteiger partial charge in [-0.1, -0.05) is 18.9 Å². The minimum absolute atomic E-state index is 0.0644. The molecule has 4 rings (SSSR count). The van der Waals surface area contributed by atoms with E-state index in [1.54, 1.807) is 24.4 Å². The average Bonchev–Trinajstić information content (AvgIpc) is 2.84. The molecule has 0 aliphatic heterocycles. The van der Waals surface area contributed by atoms with Gasteiger partial charge in [0.25, 0.3) is 5.91 Å². The number of halogens is 4. The zero-order valence-electron chi connectivity index (χ0n) is 20.1. The molecule has 0 saturated heterocycles. The Morgan fingerprint density at radius 2 is 1.92 bits per heavy atom. The average molecular weight is 501 g/mol. The van der Waals surface area contributed by atoms with E-state index >= 15 is 0 Å². The number of aromatic nitrogens is 1. The molecule has 0 bridgehead atoms. The molecule has 1 saturated carbocycles. The molecule has 0 radical (unpaired) electrons. The number of alkyl halides is 3. The molecule has 2 aromatic carbocycles. The zero-order valence-corrected chi connectivity index (χ0v) is 20.1. The summed E-state index contributed by atoms with van der Waals surface area (Å²) in [4.78, 5) is 22.3. The van der Waals surface area contributed by atoms with Crippen LogP contribution in [-0.4, -0.2) is 37.2 Å². The monoisotopic (exact) mass is 500 g/mol. The third-order valence-electron chi connectivity index (χ3n) is 6.54. The number of aliphatic imine (C=N–C) groups is 1. The number of carbonyl (C=O) groups is 1. The Hall–Kier alpha value is -3.49. The van der Waals surface area contributed by atoms with Crippen molar-refractivity contribution in [2.75, 3.05) is 24.3 Å². The number of hydrogen-bond acceptors (Lipinski definition) is 4. The van der Waals surface area contributed by atoms with E-state index in [4.69, 9.17) is 0 Å². The summed E-state index contributed by atoms with van der Waals surface area (Å²) < 4.78 is 54.3. The van der Waals surface area contributed by atoms with Crippen LogP contribution in [0.1, 0.15) is 48.2 Å². The maximum atomic E-state index is 13.9. The largest absolute Gasteiger partial charge is 0.433 e. The van der Waals surface area contributed by atoms with Crippen LogP contribution in [0.3, 0.4) is 0 Å². The molecule has 1 aliphatic carbocycles. The van der Waals surface area contributed by atoms with Crippen LogP contribution in [0.5, 0.6) is 0 Å². The van der Waals surface area contributed by atoms with Gasteiger partial charge in [0.2, 0.25) is 0 Å². The van der Waals surface area contributed by atoms with Crippen molar-refractivity contribution < 1.29 is 22.4 Å². The van der Waals surface area contributed by atoms with E-state index in [0.29, 0.717) is 17.4 Å². The Bertz CT molecular complexity index is 1270. The second-order valence-electron chi connectivity index (χ2n) is 9.31. The number of hydrogen-bond donors (Lipinski definition) is 1. The Morgan fingerprint density at radius 3 is 2.67 bits per heavy atom. The second-order valence-corrected chi connectivity index (χ2v) is 9.31. The van der Waals surface area contributed by atoms with Gasteiger partial charge < -0.3 is 10.2 Å². The Labute approximate surface area is 207 Å². The van der Waals surface area contributed by atoms with E-state index in [9.17, 15) is 22.4 Å². The van der Waals surface area contributed by atoms with E-state index in [0.717, 1.165) is 43.5 Å². The first-order valence-corrected chi connectivity index (χ1v) is 11.9. The van der Waals surface area contributed by atoms with Gasteiger partial charge in [-0.2, -0.15) is 13.2 Å². The predicted molar refractivity (Wildman–Crippen MR) is 134 cm³/mol. The molecule has 3 aromatic rings. The summed E-state index contributed by atoms with van der Waals surface area (Å²) in [6.45, 7) is 0. The molecule has 5 nitrogen and oxygen atoms in total. The van der Waals surface area contributed by atoms with Crippen molar-refractivity contribution in [1.82, 2.24) is 4.98 Å². The molecule has 1 N–H and O–H groups in total. The summed E-state index contributed by atoms with van der Waals surface area (Å²) in [6, 6.07) is 11.5. The molecule has 1 amide bonds. The van der Waals surface area contributed by atoms with Crippen LogP contribution in [0.25, 0.3) is 10.9 Å². The number of nitrogens with one attached hydrogen (secondary N) is 1. The summed E-state index contributed by atoms with van der Waals surface area (Å²) in [5.41, 5.74) is 0.640. The highest BCUT2D eigenvalue weighted by atomic mass is 19.4. The van der Waals surface area contributed by atoms with Gasteiger partial charge in [0.15, 0.2) is 0 Å². The number of benzene rings is 2. The first-order valence-electron chi connectivity index (χ1n) is 11.9. The Balaban J connectivity index is 1.53. The van der Waals surface area contributed by atoms with Gasteiger partial charge in [-0.15, -0.1) is 0 Å². The van der Waals surface area contributed by atoms with Crippen molar-refractivity contribution in [2.45, 2.75) is 44.3 Å². The van der Waals surface area contributed by atoms with Gasteiger partial charge in [0.1, 0.15) is 11.5 Å². The SMILES string of the molecule is CN(C)c1cccc(C(=O)N=CCC2CCCCC2Nc2cc(C(F)(F)F)nc3ccc(F)cc23)c1. The quantitative estimate of drug-likeness (QED) is 0.301. The highest BCUT2D eigenvalue weighted by Gasteiger charge is 2.34. The summed E-state index contributed by atoms with van der Waals surface area (Å²) in [7, 11) is 3.78. The number of anilines is 2. The van der Waals surface area contributed by atoms with Crippen LogP contribution in [0, 0.1) is 11.7 Å². The molecule has 2 atom stereocenters. The third-order valence-corrected chi connectivity index (χ3v) is 6.54. The van der Waals surface area contributed by atoms with Crippen molar-refractivity contribution >= 4 is 34.4 Å². The molecular weight excluding hydrogens is 472 g/mol. The number of nitrogens with zero attached hydrogens (tertiary/aromatic N) is 3. The van der Waals surface area contributed by atoms with Crippen molar-refractivity contribution in [2.24, 2.45) is 10.9 Å². The van der Waals surface area contributed by atoms with Gasteiger partial charge in [-0.3, -0.25) is 4.79 Å². The lowest BCUT2D eigenvalue weighted by Crippen LogP contribution is -2.32. The summed E-state index contributed by atoms with van der Waals surface area (Å²) in [6.07, 6.45) is 0.971. The lowest BCUT2D eigenvalue weighted by atomic mass is 9.82. The number of fused-ring (bicyclic) bond motifs is 1. The second kappa shape index (κ2) is 10.6. The smallest absolute Gasteiger partial charge is 0.381 e.